The second-order valence-corrected chi connectivity index (χ2v) is 5.92. The summed E-state index contributed by atoms with van der Waals surface area (Å²) in [5, 5.41) is 9.41. The van der Waals surface area contributed by atoms with E-state index in [-0.39, 0.29) is 18.6 Å². The number of likely N-dealkylation sites (N-methyl/N-ethyl adjacent to an activating group) is 1. The molecule has 1 aliphatic heterocycles. The molecule has 21 heavy (non-hydrogen) atoms. The summed E-state index contributed by atoms with van der Waals surface area (Å²) in [5.74, 6) is 0.132. The predicted octanol–water partition coefficient (Wildman–Crippen LogP) is 2.54. The molecule has 0 spiro atoms. The fourth-order valence-electron chi connectivity index (χ4n) is 2.79. The lowest BCUT2D eigenvalue weighted by Crippen LogP contribution is -2.40. The first-order valence-corrected chi connectivity index (χ1v) is 7.90. The lowest BCUT2D eigenvalue weighted by molar-refractivity contribution is -0.121. The molecule has 1 fully saturated rings. The number of carbonyl (C=O) groups is 1. The molecule has 1 aromatic rings. The van der Waals surface area contributed by atoms with E-state index in [0.29, 0.717) is 11.6 Å². The van der Waals surface area contributed by atoms with Crippen LogP contribution in [0.25, 0.3) is 0 Å². The van der Waals surface area contributed by atoms with Crippen LogP contribution in [0, 0.1) is 0 Å². The average Bonchev–Trinajstić information content (AvgIpc) is 2.86. The molecule has 2 rings (SSSR count). The smallest absolute Gasteiger partial charge is 0.244 e. The Morgan fingerprint density at radius 3 is 2.81 bits per heavy atom. The van der Waals surface area contributed by atoms with Crippen molar-refractivity contribution in [2.45, 2.75) is 31.7 Å². The van der Waals surface area contributed by atoms with Crippen molar-refractivity contribution >= 4 is 23.2 Å². The van der Waals surface area contributed by atoms with Gasteiger partial charge in [0, 0.05) is 13.2 Å². The first-order valence-electron chi connectivity index (χ1n) is 7.52. The Balaban J connectivity index is 1.93. The lowest BCUT2D eigenvalue weighted by atomic mass is 10.2. The highest BCUT2D eigenvalue weighted by atomic mass is 35.5. The van der Waals surface area contributed by atoms with Gasteiger partial charge in [-0.05, 0) is 51.4 Å². The maximum atomic E-state index is 12.6. The Bertz CT molecular complexity index is 481. The van der Waals surface area contributed by atoms with Crippen molar-refractivity contribution in [2.24, 2.45) is 0 Å². The molecule has 1 amide bonds. The summed E-state index contributed by atoms with van der Waals surface area (Å²) in [4.78, 5) is 16.5. The molecule has 0 aromatic heterocycles. The highest BCUT2D eigenvalue weighted by Gasteiger charge is 2.35. The number of carbonyl (C=O) groups excluding carboxylic acids is 1. The molecule has 0 saturated carbocycles. The van der Waals surface area contributed by atoms with Crippen LogP contribution in [0.4, 0.5) is 5.69 Å². The van der Waals surface area contributed by atoms with Crippen LogP contribution in [0.1, 0.15) is 25.7 Å². The number of hydrogen-bond donors (Lipinski definition) is 1. The van der Waals surface area contributed by atoms with E-state index in [4.69, 9.17) is 16.7 Å². The molecule has 4 nitrogen and oxygen atoms in total. The molecule has 1 aromatic carbocycles. The van der Waals surface area contributed by atoms with Crippen LogP contribution < -0.4 is 4.90 Å². The summed E-state index contributed by atoms with van der Waals surface area (Å²) >= 11 is 6.18. The highest BCUT2D eigenvalue weighted by Crippen LogP contribution is 2.30. The maximum Gasteiger partial charge on any atom is 0.244 e. The normalized spacial score (nSPS) is 18.8. The number of anilines is 1. The number of para-hydroxylation sites is 1. The van der Waals surface area contributed by atoms with Gasteiger partial charge in [0.1, 0.15) is 0 Å². The minimum Gasteiger partial charge on any atom is -0.396 e. The Kier molecular flexibility index (Phi) is 6.03. The van der Waals surface area contributed by atoms with E-state index in [2.05, 4.69) is 4.90 Å². The molecule has 0 bridgehead atoms. The highest BCUT2D eigenvalue weighted by molar-refractivity contribution is 6.33. The van der Waals surface area contributed by atoms with Gasteiger partial charge in [0.15, 0.2) is 0 Å². The van der Waals surface area contributed by atoms with Gasteiger partial charge in [-0.1, -0.05) is 23.7 Å². The van der Waals surface area contributed by atoms with Crippen LogP contribution >= 0.6 is 11.6 Å². The number of amides is 1. The molecule has 1 heterocycles. The molecule has 1 atom stereocenters. The molecule has 5 heteroatoms. The quantitative estimate of drug-likeness (QED) is 0.787. The van der Waals surface area contributed by atoms with E-state index in [1.54, 1.807) is 4.90 Å². The zero-order valence-corrected chi connectivity index (χ0v) is 13.2. The molecule has 0 aliphatic carbocycles. The number of halogens is 1. The van der Waals surface area contributed by atoms with E-state index < -0.39 is 0 Å². The topological polar surface area (TPSA) is 43.8 Å². The minimum absolute atomic E-state index is 0.0598. The predicted molar refractivity (Wildman–Crippen MR) is 85.8 cm³/mol. The number of rotatable bonds is 7. The molecular weight excluding hydrogens is 288 g/mol. The molecule has 1 saturated heterocycles. The van der Waals surface area contributed by atoms with Gasteiger partial charge in [-0.3, -0.25) is 9.69 Å². The molecule has 1 aliphatic rings. The third-order valence-electron chi connectivity index (χ3n) is 4.02. The molecule has 116 valence electrons. The van der Waals surface area contributed by atoms with Crippen molar-refractivity contribution in [3.05, 3.63) is 29.3 Å². The monoisotopic (exact) mass is 310 g/mol. The molecule has 0 radical (unpaired) electrons. The van der Waals surface area contributed by atoms with Crippen LogP contribution in [0.15, 0.2) is 24.3 Å². The second kappa shape index (κ2) is 7.78. The number of nitrogens with zero attached hydrogens (tertiary/aromatic N) is 2. The largest absolute Gasteiger partial charge is 0.396 e. The Hall–Kier alpha value is -1.10. The van der Waals surface area contributed by atoms with Gasteiger partial charge < -0.3 is 10.0 Å². The van der Waals surface area contributed by atoms with Crippen molar-refractivity contribution in [3.8, 4) is 0 Å². The van der Waals surface area contributed by atoms with Gasteiger partial charge in [0.05, 0.1) is 16.8 Å². The van der Waals surface area contributed by atoms with Crippen LogP contribution in [-0.4, -0.2) is 48.7 Å². The minimum atomic E-state index is -0.0598. The Morgan fingerprint density at radius 1 is 1.33 bits per heavy atom. The third-order valence-corrected chi connectivity index (χ3v) is 4.34. The zero-order valence-electron chi connectivity index (χ0n) is 12.5. The van der Waals surface area contributed by atoms with E-state index >= 15 is 0 Å². The number of aliphatic hydroxyl groups is 1. The molecular formula is C16H23ClN2O2. The summed E-state index contributed by atoms with van der Waals surface area (Å²) in [6.45, 7) is 1.84. The van der Waals surface area contributed by atoms with Crippen LogP contribution in [0.2, 0.25) is 5.02 Å². The third kappa shape index (κ3) is 3.96. The molecule has 1 N–H and O–H groups in total. The number of benzene rings is 1. The van der Waals surface area contributed by atoms with E-state index in [1.165, 1.54) is 0 Å². The van der Waals surface area contributed by atoms with Crippen LogP contribution in [0.5, 0.6) is 0 Å². The summed E-state index contributed by atoms with van der Waals surface area (Å²) in [5.41, 5.74) is 0.806. The van der Waals surface area contributed by atoms with Gasteiger partial charge in [-0.2, -0.15) is 0 Å². The van der Waals surface area contributed by atoms with Crippen molar-refractivity contribution in [1.82, 2.24) is 4.90 Å². The zero-order chi connectivity index (χ0) is 15.2. The maximum absolute atomic E-state index is 12.6. The standard InChI is InChI=1S/C16H23ClN2O2/c1-18(10-5-2-6-12-20)15-9-11-19(16(15)21)14-8-4-3-7-13(14)17/h3-4,7-8,15,20H,2,5-6,9-12H2,1H3. The number of hydrogen-bond acceptors (Lipinski definition) is 3. The lowest BCUT2D eigenvalue weighted by Gasteiger charge is -2.24. The van der Waals surface area contributed by atoms with Gasteiger partial charge >= 0.3 is 0 Å². The van der Waals surface area contributed by atoms with Crippen LogP contribution in [-0.2, 0) is 4.79 Å². The number of unbranched alkanes of at least 4 members (excludes halogenated alkanes) is 2. The fourth-order valence-corrected chi connectivity index (χ4v) is 3.03. The van der Waals surface area contributed by atoms with Crippen molar-refractivity contribution in [2.75, 3.05) is 31.6 Å². The van der Waals surface area contributed by atoms with E-state index in [0.717, 1.165) is 37.9 Å². The van der Waals surface area contributed by atoms with Crippen molar-refractivity contribution in [3.63, 3.8) is 0 Å². The van der Waals surface area contributed by atoms with Crippen LogP contribution in [0.3, 0.4) is 0 Å². The van der Waals surface area contributed by atoms with Gasteiger partial charge in [-0.15, -0.1) is 0 Å². The van der Waals surface area contributed by atoms with Crippen molar-refractivity contribution < 1.29 is 9.90 Å². The molecule has 1 unspecified atom stereocenters. The number of aliphatic hydroxyl groups excluding tert-OH is 1. The van der Waals surface area contributed by atoms with Gasteiger partial charge in [0.2, 0.25) is 5.91 Å². The second-order valence-electron chi connectivity index (χ2n) is 5.51. The van der Waals surface area contributed by atoms with Gasteiger partial charge in [0.25, 0.3) is 0 Å². The summed E-state index contributed by atoms with van der Waals surface area (Å²) in [7, 11) is 2.00. The van der Waals surface area contributed by atoms with Gasteiger partial charge in [-0.25, -0.2) is 0 Å². The van der Waals surface area contributed by atoms with E-state index in [1.807, 2.05) is 31.3 Å². The summed E-state index contributed by atoms with van der Waals surface area (Å²) < 4.78 is 0. The van der Waals surface area contributed by atoms with E-state index in [9.17, 15) is 4.79 Å². The SMILES string of the molecule is CN(CCCCCO)C1CCN(c2ccccc2Cl)C1=O. The Labute approximate surface area is 131 Å². The average molecular weight is 311 g/mol. The summed E-state index contributed by atoms with van der Waals surface area (Å²) in [6.07, 6.45) is 3.67. The van der Waals surface area contributed by atoms with Crippen molar-refractivity contribution in [1.29, 1.82) is 0 Å². The Morgan fingerprint density at radius 2 is 2.10 bits per heavy atom. The first-order chi connectivity index (χ1) is 10.1. The summed E-state index contributed by atoms with van der Waals surface area (Å²) in [6, 6.07) is 7.42. The fraction of sp³-hybridized carbons (Fsp3) is 0.562. The first kappa shape index (κ1) is 16.3.